The number of amides is 1. The molecule has 0 saturated carbocycles. The Morgan fingerprint density at radius 3 is 2.86 bits per heavy atom. The number of anilines is 1. The number of carbonyl (C=O) groups excluding carboxylic acids is 1. The number of rotatable bonds is 5. The summed E-state index contributed by atoms with van der Waals surface area (Å²) in [6.07, 6.45) is 5.08. The summed E-state index contributed by atoms with van der Waals surface area (Å²) in [5.74, 6) is -0.0727. The summed E-state index contributed by atoms with van der Waals surface area (Å²) in [6.45, 7) is 4.90. The lowest BCUT2D eigenvalue weighted by Gasteiger charge is -2.40. The second-order valence-corrected chi connectivity index (χ2v) is 9.35. The van der Waals surface area contributed by atoms with Crippen LogP contribution in [0.15, 0.2) is 53.2 Å². The van der Waals surface area contributed by atoms with Gasteiger partial charge in [-0.15, -0.1) is 0 Å². The molecule has 2 aromatic heterocycles. The predicted octanol–water partition coefficient (Wildman–Crippen LogP) is 5.74. The highest BCUT2D eigenvalue weighted by atomic mass is 35.5. The first-order valence-corrected chi connectivity index (χ1v) is 12.0. The van der Waals surface area contributed by atoms with Gasteiger partial charge in [-0.05, 0) is 67.6 Å². The normalized spacial score (nSPS) is 18.1. The third-order valence-corrected chi connectivity index (χ3v) is 6.74. The number of halogens is 2. The van der Waals surface area contributed by atoms with Crippen LogP contribution in [-0.4, -0.2) is 44.9 Å². The molecule has 0 radical (unpaired) electrons. The van der Waals surface area contributed by atoms with E-state index in [0.717, 1.165) is 12.8 Å². The number of likely N-dealkylation sites (tertiary alicyclic amines) is 1. The van der Waals surface area contributed by atoms with Gasteiger partial charge in [-0.1, -0.05) is 18.5 Å². The number of hydrogen-bond donors (Lipinski definition) is 1. The summed E-state index contributed by atoms with van der Waals surface area (Å²) in [5.41, 5.74) is 2.73. The van der Waals surface area contributed by atoms with Crippen LogP contribution in [0, 0.1) is 18.7 Å². The molecular formula is C26H25ClFN5O2. The molecule has 3 heterocycles. The molecule has 35 heavy (non-hydrogen) atoms. The minimum atomic E-state index is -0.463. The highest BCUT2D eigenvalue weighted by Crippen LogP contribution is 2.31. The molecule has 2 atom stereocenters. The molecule has 1 aliphatic heterocycles. The van der Waals surface area contributed by atoms with Gasteiger partial charge in [0.15, 0.2) is 11.4 Å². The van der Waals surface area contributed by atoms with Crippen molar-refractivity contribution in [3.63, 3.8) is 0 Å². The maximum Gasteiger partial charge on any atom is 0.295 e. The fourth-order valence-electron chi connectivity index (χ4n) is 4.77. The maximum absolute atomic E-state index is 14.5. The van der Waals surface area contributed by atoms with Crippen molar-refractivity contribution in [1.29, 1.82) is 0 Å². The molecular weight excluding hydrogens is 469 g/mol. The number of hydrogen-bond acceptors (Lipinski definition) is 6. The van der Waals surface area contributed by atoms with E-state index >= 15 is 0 Å². The van der Waals surface area contributed by atoms with Crippen molar-refractivity contribution in [2.24, 2.45) is 5.92 Å². The van der Waals surface area contributed by atoms with Crippen molar-refractivity contribution in [3.05, 3.63) is 70.8 Å². The summed E-state index contributed by atoms with van der Waals surface area (Å²) in [5, 5.41) is 3.83. The van der Waals surface area contributed by atoms with Crippen molar-refractivity contribution in [2.75, 3.05) is 18.4 Å². The van der Waals surface area contributed by atoms with Crippen molar-refractivity contribution in [1.82, 2.24) is 19.9 Å². The Labute approximate surface area is 207 Å². The number of benzene rings is 2. The SMILES string of the molecule is Cc1cc(F)cc(C(=O)N2CCCC(C)C2CNc2nc3cc(Cl)ccc3o2)c1-c1ncccn1. The number of aromatic nitrogens is 3. The molecule has 0 aliphatic carbocycles. The predicted molar refractivity (Wildman–Crippen MR) is 133 cm³/mol. The zero-order chi connectivity index (χ0) is 24.5. The number of piperidine rings is 1. The molecule has 1 N–H and O–H groups in total. The van der Waals surface area contributed by atoms with Crippen LogP contribution >= 0.6 is 11.6 Å². The molecule has 1 fully saturated rings. The van der Waals surface area contributed by atoms with Crippen LogP contribution in [0.2, 0.25) is 5.02 Å². The van der Waals surface area contributed by atoms with Crippen molar-refractivity contribution >= 4 is 34.6 Å². The lowest BCUT2D eigenvalue weighted by Crippen LogP contribution is -2.51. The largest absolute Gasteiger partial charge is 0.424 e. The lowest BCUT2D eigenvalue weighted by molar-refractivity contribution is 0.0539. The standard InChI is InChI=1S/C26H25ClFN5O2/c1-15-5-3-10-33(21(15)14-31-26-32-20-12-17(27)6-7-22(20)35-26)25(34)19-13-18(28)11-16(2)23(19)24-29-8-4-9-30-24/h4,6-9,11-13,15,21H,3,5,10,14H2,1-2H3,(H,31,32). The van der Waals surface area contributed by atoms with E-state index in [4.69, 9.17) is 16.0 Å². The molecule has 1 aliphatic rings. The molecule has 1 amide bonds. The van der Waals surface area contributed by atoms with Gasteiger partial charge in [0.25, 0.3) is 11.9 Å². The van der Waals surface area contributed by atoms with E-state index in [-0.39, 0.29) is 23.4 Å². The number of oxazole rings is 1. The fraction of sp³-hybridized carbons (Fsp3) is 0.308. The quantitative estimate of drug-likeness (QED) is 0.381. The first-order chi connectivity index (χ1) is 16.9. The van der Waals surface area contributed by atoms with Gasteiger partial charge in [0.1, 0.15) is 11.3 Å². The van der Waals surface area contributed by atoms with Crippen molar-refractivity contribution < 1.29 is 13.6 Å². The van der Waals surface area contributed by atoms with Crippen LogP contribution in [0.4, 0.5) is 10.4 Å². The average Bonchev–Trinajstić information content (AvgIpc) is 3.24. The van der Waals surface area contributed by atoms with Crippen LogP contribution in [0.5, 0.6) is 0 Å². The Morgan fingerprint density at radius 1 is 1.26 bits per heavy atom. The number of nitrogens with one attached hydrogen (secondary N) is 1. The summed E-state index contributed by atoms with van der Waals surface area (Å²) in [4.78, 5) is 28.8. The first kappa shape index (κ1) is 23.2. The molecule has 180 valence electrons. The average molecular weight is 494 g/mol. The third kappa shape index (κ3) is 4.71. The minimum absolute atomic E-state index is 0.136. The highest BCUT2D eigenvalue weighted by molar-refractivity contribution is 6.31. The summed E-state index contributed by atoms with van der Waals surface area (Å²) in [6, 6.07) is 9.89. The van der Waals surface area contributed by atoms with Crippen LogP contribution in [-0.2, 0) is 0 Å². The van der Waals surface area contributed by atoms with Gasteiger partial charge < -0.3 is 14.6 Å². The fourth-order valence-corrected chi connectivity index (χ4v) is 4.94. The lowest BCUT2D eigenvalue weighted by atomic mass is 9.89. The molecule has 7 nitrogen and oxygen atoms in total. The van der Waals surface area contributed by atoms with Crippen molar-refractivity contribution in [3.8, 4) is 11.4 Å². The molecule has 0 spiro atoms. The monoisotopic (exact) mass is 493 g/mol. The van der Waals surface area contributed by atoms with Crippen molar-refractivity contribution in [2.45, 2.75) is 32.7 Å². The second-order valence-electron chi connectivity index (χ2n) is 8.92. The second kappa shape index (κ2) is 9.62. The van der Waals surface area contributed by atoms with E-state index in [9.17, 15) is 9.18 Å². The minimum Gasteiger partial charge on any atom is -0.424 e. The number of fused-ring (bicyclic) bond motifs is 1. The number of carbonyl (C=O) groups is 1. The number of aryl methyl sites for hydroxylation is 1. The van der Waals surface area contributed by atoms with E-state index < -0.39 is 5.82 Å². The summed E-state index contributed by atoms with van der Waals surface area (Å²) >= 11 is 6.06. The maximum atomic E-state index is 14.5. The van der Waals surface area contributed by atoms with Crippen LogP contribution in [0.1, 0.15) is 35.7 Å². The molecule has 9 heteroatoms. The Hall–Kier alpha value is -3.52. The van der Waals surface area contributed by atoms with Gasteiger partial charge in [-0.3, -0.25) is 4.79 Å². The van der Waals surface area contributed by atoms with E-state index in [1.54, 1.807) is 43.6 Å². The van der Waals surface area contributed by atoms with Gasteiger partial charge >= 0.3 is 0 Å². The molecule has 2 aromatic carbocycles. The Bertz CT molecular complexity index is 1380. The summed E-state index contributed by atoms with van der Waals surface area (Å²) < 4.78 is 20.3. The third-order valence-electron chi connectivity index (χ3n) is 6.51. The van der Waals surface area contributed by atoms with Gasteiger partial charge in [-0.25, -0.2) is 14.4 Å². The highest BCUT2D eigenvalue weighted by Gasteiger charge is 2.34. The van der Waals surface area contributed by atoms with E-state index in [0.29, 0.717) is 52.2 Å². The summed E-state index contributed by atoms with van der Waals surface area (Å²) in [7, 11) is 0. The van der Waals surface area contributed by atoms with E-state index in [1.807, 2.05) is 4.90 Å². The van der Waals surface area contributed by atoms with Crippen LogP contribution in [0.3, 0.4) is 0 Å². The van der Waals surface area contributed by atoms with Gasteiger partial charge in [-0.2, -0.15) is 4.98 Å². The molecule has 4 aromatic rings. The first-order valence-electron chi connectivity index (χ1n) is 11.6. The molecule has 5 rings (SSSR count). The zero-order valence-corrected chi connectivity index (χ0v) is 20.2. The van der Waals surface area contributed by atoms with Crippen LogP contribution < -0.4 is 5.32 Å². The molecule has 1 saturated heterocycles. The van der Waals surface area contributed by atoms with Crippen LogP contribution in [0.25, 0.3) is 22.5 Å². The number of nitrogens with zero attached hydrogens (tertiary/aromatic N) is 4. The van der Waals surface area contributed by atoms with E-state index in [1.165, 1.54) is 12.1 Å². The van der Waals surface area contributed by atoms with E-state index in [2.05, 4.69) is 27.2 Å². The Balaban J connectivity index is 1.44. The smallest absolute Gasteiger partial charge is 0.295 e. The Morgan fingerprint density at radius 2 is 2.06 bits per heavy atom. The topological polar surface area (TPSA) is 84.2 Å². The van der Waals surface area contributed by atoms with Gasteiger partial charge in [0.05, 0.1) is 11.6 Å². The Kier molecular flexibility index (Phi) is 6.38. The molecule has 0 bridgehead atoms. The van der Waals surface area contributed by atoms with Gasteiger partial charge in [0, 0.05) is 36.1 Å². The van der Waals surface area contributed by atoms with Gasteiger partial charge in [0.2, 0.25) is 0 Å². The molecule has 2 unspecified atom stereocenters. The zero-order valence-electron chi connectivity index (χ0n) is 19.5.